The fraction of sp³-hybridized carbons (Fsp3) is 0.583. The molecule has 1 aromatic rings. The predicted molar refractivity (Wildman–Crippen MR) is 77.2 cm³/mol. The number of hydrogen-bond acceptors (Lipinski definition) is 3. The number of rotatable bonds is 8. The third-order valence-electron chi connectivity index (χ3n) is 2.74. The summed E-state index contributed by atoms with van der Waals surface area (Å²) in [6, 6.07) is 5.47. The molecule has 0 fully saturated rings. The van der Waals surface area contributed by atoms with Gasteiger partial charge in [0.25, 0.3) is 10.2 Å². The maximum Gasteiger partial charge on any atom is 0.282 e. The third kappa shape index (κ3) is 4.72. The molecule has 0 spiro atoms. The second-order valence-corrected chi connectivity index (χ2v) is 6.53. The molecule has 0 atom stereocenters. The van der Waals surface area contributed by atoms with Crippen LogP contribution >= 0.6 is 11.6 Å². The van der Waals surface area contributed by atoms with E-state index in [-0.39, 0.29) is 6.54 Å². The van der Waals surface area contributed by atoms with Gasteiger partial charge < -0.3 is 0 Å². The van der Waals surface area contributed by atoms with Crippen LogP contribution in [0.25, 0.3) is 0 Å². The van der Waals surface area contributed by atoms with Crippen molar-refractivity contribution in [2.75, 3.05) is 26.0 Å². The largest absolute Gasteiger partial charge is 0.282 e. The summed E-state index contributed by atoms with van der Waals surface area (Å²) in [5, 5.41) is 0. The van der Waals surface area contributed by atoms with E-state index in [2.05, 4.69) is 4.98 Å². The zero-order valence-electron chi connectivity index (χ0n) is 11.3. The molecular formula is C12H20ClN3O2S. The lowest BCUT2D eigenvalue weighted by Gasteiger charge is -2.26. The van der Waals surface area contributed by atoms with E-state index in [1.807, 2.05) is 19.1 Å². The van der Waals surface area contributed by atoms with Gasteiger partial charge in [0, 0.05) is 32.2 Å². The topological polar surface area (TPSA) is 53.5 Å². The maximum atomic E-state index is 12.4. The van der Waals surface area contributed by atoms with Crippen LogP contribution in [0.1, 0.15) is 19.0 Å². The molecule has 0 unspecified atom stereocenters. The molecule has 0 saturated carbocycles. The van der Waals surface area contributed by atoms with Crippen molar-refractivity contribution in [2.24, 2.45) is 0 Å². The van der Waals surface area contributed by atoms with Crippen LogP contribution in [-0.2, 0) is 16.8 Å². The molecule has 5 nitrogen and oxygen atoms in total. The molecule has 0 amide bonds. The Balaban J connectivity index is 2.78. The average Bonchev–Trinajstić information content (AvgIpc) is 2.42. The highest BCUT2D eigenvalue weighted by Crippen LogP contribution is 2.11. The molecule has 1 rings (SSSR count). The Labute approximate surface area is 120 Å². The summed E-state index contributed by atoms with van der Waals surface area (Å²) in [5.41, 5.74) is 0.735. The van der Waals surface area contributed by atoms with Crippen molar-refractivity contribution in [3.8, 4) is 0 Å². The second kappa shape index (κ2) is 7.79. The number of alkyl halides is 1. The second-order valence-electron chi connectivity index (χ2n) is 4.12. The molecule has 0 aromatic carbocycles. The van der Waals surface area contributed by atoms with Gasteiger partial charge >= 0.3 is 0 Å². The zero-order chi connectivity index (χ0) is 14.3. The van der Waals surface area contributed by atoms with E-state index in [4.69, 9.17) is 11.6 Å². The first-order valence-corrected chi connectivity index (χ1v) is 8.12. The standard InChI is InChI=1S/C12H20ClN3O2S/c1-3-16(11-12-7-4-5-9-14-12)19(17,18)15(2)10-6-8-13/h4-5,7,9H,3,6,8,10-11H2,1-2H3. The van der Waals surface area contributed by atoms with Crippen LogP contribution in [0.15, 0.2) is 24.4 Å². The molecule has 0 aliphatic carbocycles. The highest BCUT2D eigenvalue weighted by atomic mass is 35.5. The SMILES string of the molecule is CCN(Cc1ccccn1)S(=O)(=O)N(C)CCCCl. The van der Waals surface area contributed by atoms with Gasteiger partial charge in [-0.3, -0.25) is 4.98 Å². The van der Waals surface area contributed by atoms with E-state index in [1.54, 1.807) is 19.3 Å². The lowest BCUT2D eigenvalue weighted by Crippen LogP contribution is -2.42. The van der Waals surface area contributed by atoms with Gasteiger partial charge in [0.05, 0.1) is 12.2 Å². The van der Waals surface area contributed by atoms with Crippen molar-refractivity contribution < 1.29 is 8.42 Å². The number of hydrogen-bond donors (Lipinski definition) is 0. The van der Waals surface area contributed by atoms with Crippen LogP contribution in [0.2, 0.25) is 0 Å². The molecular weight excluding hydrogens is 286 g/mol. The number of pyridine rings is 1. The van der Waals surface area contributed by atoms with Crippen molar-refractivity contribution in [1.82, 2.24) is 13.6 Å². The van der Waals surface area contributed by atoms with Crippen LogP contribution in [0.3, 0.4) is 0 Å². The lowest BCUT2D eigenvalue weighted by atomic mass is 10.3. The summed E-state index contributed by atoms with van der Waals surface area (Å²) in [6.07, 6.45) is 2.30. The smallest absolute Gasteiger partial charge is 0.260 e. The van der Waals surface area contributed by atoms with Crippen LogP contribution in [0.4, 0.5) is 0 Å². The Morgan fingerprint density at radius 3 is 2.63 bits per heavy atom. The molecule has 0 N–H and O–H groups in total. The van der Waals surface area contributed by atoms with Gasteiger partial charge in [-0.25, -0.2) is 0 Å². The van der Waals surface area contributed by atoms with Crippen LogP contribution in [-0.4, -0.2) is 48.0 Å². The Hall–Kier alpha value is -0.690. The maximum absolute atomic E-state index is 12.4. The summed E-state index contributed by atoms with van der Waals surface area (Å²) in [4.78, 5) is 4.16. The number of halogens is 1. The number of aromatic nitrogens is 1. The van der Waals surface area contributed by atoms with Crippen LogP contribution < -0.4 is 0 Å². The van der Waals surface area contributed by atoms with Crippen molar-refractivity contribution >= 4 is 21.8 Å². The lowest BCUT2D eigenvalue weighted by molar-refractivity contribution is 0.361. The number of nitrogens with zero attached hydrogens (tertiary/aromatic N) is 3. The molecule has 0 radical (unpaired) electrons. The summed E-state index contributed by atoms with van der Waals surface area (Å²) in [7, 11) is -1.88. The minimum absolute atomic E-state index is 0.283. The Kier molecular flexibility index (Phi) is 6.71. The minimum Gasteiger partial charge on any atom is -0.260 e. The van der Waals surface area contributed by atoms with Crippen molar-refractivity contribution in [1.29, 1.82) is 0 Å². The van der Waals surface area contributed by atoms with E-state index < -0.39 is 10.2 Å². The van der Waals surface area contributed by atoms with Crippen molar-refractivity contribution in [2.45, 2.75) is 19.9 Å². The van der Waals surface area contributed by atoms with E-state index in [0.717, 1.165) is 5.69 Å². The molecule has 0 aliphatic heterocycles. The third-order valence-corrected chi connectivity index (χ3v) is 5.02. The Morgan fingerprint density at radius 2 is 2.11 bits per heavy atom. The van der Waals surface area contributed by atoms with Crippen LogP contribution in [0, 0.1) is 0 Å². The van der Waals surface area contributed by atoms with Crippen molar-refractivity contribution in [3.63, 3.8) is 0 Å². The van der Waals surface area contributed by atoms with E-state index in [9.17, 15) is 8.42 Å². The van der Waals surface area contributed by atoms with E-state index in [0.29, 0.717) is 25.4 Å². The fourth-order valence-corrected chi connectivity index (χ4v) is 3.12. The molecule has 0 bridgehead atoms. The van der Waals surface area contributed by atoms with Crippen molar-refractivity contribution in [3.05, 3.63) is 30.1 Å². The van der Waals surface area contributed by atoms with Gasteiger partial charge in [-0.2, -0.15) is 17.0 Å². The minimum atomic E-state index is -3.45. The quantitative estimate of drug-likeness (QED) is 0.687. The summed E-state index contributed by atoms with van der Waals surface area (Å²) in [5.74, 6) is 0.451. The fourth-order valence-electron chi connectivity index (χ4n) is 1.62. The van der Waals surface area contributed by atoms with Gasteiger partial charge in [-0.1, -0.05) is 13.0 Å². The van der Waals surface area contributed by atoms with E-state index >= 15 is 0 Å². The highest BCUT2D eigenvalue weighted by Gasteiger charge is 2.25. The molecule has 19 heavy (non-hydrogen) atoms. The summed E-state index contributed by atoms with van der Waals surface area (Å²) >= 11 is 5.59. The Bertz CT molecular complexity index is 467. The zero-order valence-corrected chi connectivity index (χ0v) is 12.9. The first-order valence-electron chi connectivity index (χ1n) is 6.19. The van der Waals surface area contributed by atoms with Gasteiger partial charge in [-0.05, 0) is 18.6 Å². The van der Waals surface area contributed by atoms with Gasteiger partial charge in [0.15, 0.2) is 0 Å². The Morgan fingerprint density at radius 1 is 1.37 bits per heavy atom. The average molecular weight is 306 g/mol. The summed E-state index contributed by atoms with van der Waals surface area (Å²) < 4.78 is 27.4. The first-order chi connectivity index (χ1) is 9.02. The molecule has 7 heteroatoms. The first kappa shape index (κ1) is 16.4. The van der Waals surface area contributed by atoms with Gasteiger partial charge in [-0.15, -0.1) is 11.6 Å². The molecule has 0 saturated heterocycles. The van der Waals surface area contributed by atoms with Crippen LogP contribution in [0.5, 0.6) is 0 Å². The van der Waals surface area contributed by atoms with Gasteiger partial charge in [0.2, 0.25) is 0 Å². The highest BCUT2D eigenvalue weighted by molar-refractivity contribution is 7.86. The summed E-state index contributed by atoms with van der Waals surface area (Å²) in [6.45, 7) is 2.93. The normalized spacial score (nSPS) is 12.3. The van der Waals surface area contributed by atoms with Gasteiger partial charge in [0.1, 0.15) is 0 Å². The molecule has 1 heterocycles. The molecule has 108 valence electrons. The monoisotopic (exact) mass is 305 g/mol. The molecule has 1 aromatic heterocycles. The predicted octanol–water partition coefficient (Wildman–Crippen LogP) is 1.71. The molecule has 0 aliphatic rings. The van der Waals surface area contributed by atoms with E-state index in [1.165, 1.54) is 8.61 Å².